The lowest BCUT2D eigenvalue weighted by molar-refractivity contribution is -0.387. The highest BCUT2D eigenvalue weighted by Crippen LogP contribution is 2.40. The molecule has 0 spiro atoms. The van der Waals surface area contributed by atoms with Gasteiger partial charge in [-0.1, -0.05) is 53.7 Å². The number of carbonyl (C=O) groups is 2. The summed E-state index contributed by atoms with van der Waals surface area (Å²) in [6, 6.07) is 24.5. The zero-order chi connectivity index (χ0) is 30.8. The predicted molar refractivity (Wildman–Crippen MR) is 178 cm³/mol. The second-order valence-corrected chi connectivity index (χ2v) is 13.2. The molecule has 44 heavy (non-hydrogen) atoms. The topological polar surface area (TPSA) is 127 Å². The normalized spacial score (nSPS) is 14.7. The summed E-state index contributed by atoms with van der Waals surface area (Å²) < 4.78 is 1.44. The number of fused-ring (bicyclic) bond motifs is 1. The number of nitro benzene ring substituents is 1. The number of benzene rings is 4. The number of thioether (sulfide) groups is 1. The minimum absolute atomic E-state index is 0.106. The van der Waals surface area contributed by atoms with Gasteiger partial charge < -0.3 is 10.6 Å². The maximum Gasteiger partial charge on any atom is 0.283 e. The molecular weight excluding hydrogens is 638 g/mol. The van der Waals surface area contributed by atoms with Crippen molar-refractivity contribution in [1.29, 1.82) is 0 Å². The molecule has 1 aliphatic heterocycles. The third-order valence-electron chi connectivity index (χ3n) is 6.37. The Hall–Kier alpha value is -4.49. The molecule has 13 heteroatoms. The molecule has 0 atom stereocenters. The lowest BCUT2D eigenvalue weighted by Gasteiger charge is -2.04. The Morgan fingerprint density at radius 1 is 1.09 bits per heavy atom. The van der Waals surface area contributed by atoms with Crippen molar-refractivity contribution in [3.8, 4) is 0 Å². The molecule has 0 saturated carbocycles. The van der Waals surface area contributed by atoms with Gasteiger partial charge in [0.25, 0.3) is 17.5 Å². The van der Waals surface area contributed by atoms with E-state index in [1.54, 1.807) is 66.7 Å². The molecule has 5 aromatic rings. The van der Waals surface area contributed by atoms with Gasteiger partial charge in [-0.15, -0.1) is 11.3 Å². The quantitative estimate of drug-likeness (QED) is 0.102. The number of aryl methyl sites for hydroxylation is 1. The smallest absolute Gasteiger partial charge is 0.283 e. The molecule has 0 aliphatic carbocycles. The zero-order valence-corrected chi connectivity index (χ0v) is 25.9. The van der Waals surface area contributed by atoms with Crippen molar-refractivity contribution < 1.29 is 14.5 Å². The van der Waals surface area contributed by atoms with Gasteiger partial charge >= 0.3 is 0 Å². The molecule has 1 saturated heterocycles. The van der Waals surface area contributed by atoms with Crippen molar-refractivity contribution in [2.24, 2.45) is 4.99 Å². The van der Waals surface area contributed by atoms with Crippen LogP contribution in [-0.4, -0.2) is 26.9 Å². The van der Waals surface area contributed by atoms with Crippen molar-refractivity contribution in [2.45, 2.75) is 16.2 Å². The van der Waals surface area contributed by atoms with Gasteiger partial charge in [0.05, 0.1) is 30.6 Å². The summed E-state index contributed by atoms with van der Waals surface area (Å²) in [5, 5.41) is 18.6. The molecule has 2 N–H and O–H groups in total. The van der Waals surface area contributed by atoms with E-state index in [4.69, 9.17) is 11.6 Å². The summed E-state index contributed by atoms with van der Waals surface area (Å²) in [6.45, 7) is 1.89. The van der Waals surface area contributed by atoms with E-state index >= 15 is 0 Å². The third kappa shape index (κ3) is 6.68. The summed E-state index contributed by atoms with van der Waals surface area (Å²) in [5.41, 5.74) is 3.81. The van der Waals surface area contributed by atoms with E-state index < -0.39 is 4.92 Å². The molecule has 9 nitrogen and oxygen atoms in total. The van der Waals surface area contributed by atoms with Gasteiger partial charge in [-0.2, -0.15) is 0 Å². The van der Waals surface area contributed by atoms with Crippen molar-refractivity contribution >= 4 is 96.8 Å². The first kappa shape index (κ1) is 29.6. The molecule has 6 rings (SSSR count). The second-order valence-electron chi connectivity index (χ2n) is 9.48. The Balaban J connectivity index is 1.19. The molecule has 0 bridgehead atoms. The standard InChI is InChI=1S/C31H20ClN5O4S3/c1-17-7-9-20(15-22(17)32)34-30-36-29(39)27(42-30)14-18-8-12-25(24(13-18)37(40)41)43-31-35-23-11-10-21(16-26(23)44-31)33-28(38)19-5-3-2-4-6-19/h2-16H,1H3,(H,33,38)(H,34,36,39)/b27-14-. The summed E-state index contributed by atoms with van der Waals surface area (Å²) in [7, 11) is 0. The molecule has 1 fully saturated rings. The van der Waals surface area contributed by atoms with E-state index in [0.717, 1.165) is 22.0 Å². The molecule has 218 valence electrons. The number of amidine groups is 1. The van der Waals surface area contributed by atoms with Gasteiger partial charge in [-0.25, -0.2) is 9.98 Å². The number of halogens is 1. The predicted octanol–water partition coefficient (Wildman–Crippen LogP) is 8.46. The van der Waals surface area contributed by atoms with Crippen LogP contribution in [0.2, 0.25) is 5.02 Å². The fourth-order valence-corrected chi connectivity index (χ4v) is 7.33. The van der Waals surface area contributed by atoms with Gasteiger partial charge in [0, 0.05) is 22.3 Å². The summed E-state index contributed by atoms with van der Waals surface area (Å²) in [4.78, 5) is 46.5. The highest BCUT2D eigenvalue weighted by molar-refractivity contribution is 8.18. The number of nitro groups is 1. The maximum absolute atomic E-state index is 12.6. The van der Waals surface area contributed by atoms with Crippen LogP contribution in [0.3, 0.4) is 0 Å². The molecule has 4 aromatic carbocycles. The third-order valence-corrected chi connectivity index (χ3v) is 9.84. The second kappa shape index (κ2) is 12.6. The highest BCUT2D eigenvalue weighted by atomic mass is 35.5. The van der Waals surface area contributed by atoms with Crippen LogP contribution in [0.5, 0.6) is 0 Å². The number of amides is 2. The van der Waals surface area contributed by atoms with Crippen LogP contribution < -0.4 is 10.6 Å². The number of aromatic nitrogens is 1. The van der Waals surface area contributed by atoms with Crippen LogP contribution in [-0.2, 0) is 4.79 Å². The lowest BCUT2D eigenvalue weighted by Crippen LogP contribution is -2.19. The fraction of sp³-hybridized carbons (Fsp3) is 0.0323. The van der Waals surface area contributed by atoms with E-state index in [2.05, 4.69) is 20.6 Å². The Kier molecular flexibility index (Phi) is 8.49. The van der Waals surface area contributed by atoms with Crippen molar-refractivity contribution in [3.05, 3.63) is 122 Å². The lowest BCUT2D eigenvalue weighted by atomic mass is 10.2. The SMILES string of the molecule is Cc1ccc(N=C2NC(=O)/C(=C/c3ccc(Sc4nc5ccc(NC(=O)c6ccccc6)cc5s4)c([N+](=O)[O-])c3)S2)cc1Cl. The first-order chi connectivity index (χ1) is 21.2. The largest absolute Gasteiger partial charge is 0.322 e. The number of hydrogen-bond donors (Lipinski definition) is 2. The summed E-state index contributed by atoms with van der Waals surface area (Å²) in [6.07, 6.45) is 1.59. The first-order valence-electron chi connectivity index (χ1n) is 13.0. The maximum atomic E-state index is 12.6. The van der Waals surface area contributed by atoms with Crippen molar-refractivity contribution in [2.75, 3.05) is 5.32 Å². The fourth-order valence-electron chi connectivity index (χ4n) is 4.17. The Bertz CT molecular complexity index is 2030. The van der Waals surface area contributed by atoms with E-state index in [9.17, 15) is 19.7 Å². The number of thiazole rings is 1. The number of rotatable bonds is 7. The van der Waals surface area contributed by atoms with Gasteiger partial charge in [0.2, 0.25) is 0 Å². The van der Waals surface area contributed by atoms with E-state index in [1.807, 2.05) is 25.1 Å². The highest BCUT2D eigenvalue weighted by Gasteiger charge is 2.25. The number of anilines is 1. The van der Waals surface area contributed by atoms with Gasteiger partial charge in [0.1, 0.15) is 0 Å². The van der Waals surface area contributed by atoms with Crippen LogP contribution in [0.1, 0.15) is 21.5 Å². The van der Waals surface area contributed by atoms with Crippen LogP contribution in [0.4, 0.5) is 17.1 Å². The van der Waals surface area contributed by atoms with Gasteiger partial charge in [-0.3, -0.25) is 19.7 Å². The number of carbonyl (C=O) groups excluding carboxylic acids is 2. The van der Waals surface area contributed by atoms with E-state index in [0.29, 0.717) is 52.3 Å². The summed E-state index contributed by atoms with van der Waals surface area (Å²) in [5.74, 6) is -0.565. The monoisotopic (exact) mass is 657 g/mol. The first-order valence-corrected chi connectivity index (χ1v) is 15.8. The number of nitrogens with one attached hydrogen (secondary N) is 2. The van der Waals surface area contributed by atoms with Crippen molar-refractivity contribution in [1.82, 2.24) is 10.3 Å². The van der Waals surface area contributed by atoms with Crippen LogP contribution in [0, 0.1) is 17.0 Å². The van der Waals surface area contributed by atoms with Crippen LogP contribution in [0.15, 0.2) is 104 Å². The average molecular weight is 658 g/mol. The molecular formula is C31H20ClN5O4S3. The molecule has 0 radical (unpaired) electrons. The van der Waals surface area contributed by atoms with E-state index in [1.165, 1.54) is 29.2 Å². The number of nitrogens with zero attached hydrogens (tertiary/aromatic N) is 3. The summed E-state index contributed by atoms with van der Waals surface area (Å²) >= 11 is 9.88. The van der Waals surface area contributed by atoms with E-state index in [-0.39, 0.29) is 17.5 Å². The molecule has 0 unspecified atom stereocenters. The van der Waals surface area contributed by atoms with Gasteiger partial charge in [0.15, 0.2) is 9.51 Å². The van der Waals surface area contributed by atoms with Crippen molar-refractivity contribution in [3.63, 3.8) is 0 Å². The zero-order valence-electron chi connectivity index (χ0n) is 22.7. The minimum atomic E-state index is -0.454. The molecule has 1 aliphatic rings. The Morgan fingerprint density at radius 3 is 2.68 bits per heavy atom. The Morgan fingerprint density at radius 2 is 1.91 bits per heavy atom. The number of hydrogen-bond acceptors (Lipinski definition) is 9. The molecule has 2 heterocycles. The van der Waals surface area contributed by atoms with Gasteiger partial charge in [-0.05, 0) is 84.4 Å². The average Bonchev–Trinajstić information content (AvgIpc) is 3.57. The Labute approximate surface area is 268 Å². The molecule has 1 aromatic heterocycles. The van der Waals surface area contributed by atoms with Crippen LogP contribution >= 0.6 is 46.5 Å². The minimum Gasteiger partial charge on any atom is -0.322 e. The number of aliphatic imine (C=N–C) groups is 1. The molecule has 2 amide bonds. The van der Waals surface area contributed by atoms with Crippen LogP contribution in [0.25, 0.3) is 16.3 Å².